The summed E-state index contributed by atoms with van der Waals surface area (Å²) in [5.74, 6) is 0. The largest absolute Gasteiger partial charge is 0.252 e. The maximum absolute atomic E-state index is 8.49. The van der Waals surface area contributed by atoms with Crippen LogP contribution in [-0.4, -0.2) is 4.98 Å². The van der Waals surface area contributed by atoms with E-state index in [0.29, 0.717) is 0 Å². The molecule has 0 fully saturated rings. The third-order valence-corrected chi connectivity index (χ3v) is 3.22. The van der Waals surface area contributed by atoms with Crippen LogP contribution in [0.5, 0.6) is 0 Å². The molecule has 19 heavy (non-hydrogen) atoms. The predicted molar refractivity (Wildman–Crippen MR) is 76.8 cm³/mol. The Bertz CT molecular complexity index is 817. The smallest absolute Gasteiger partial charge is 0.0711 e. The molecule has 0 aliphatic carbocycles. The predicted octanol–water partition coefficient (Wildman–Crippen LogP) is 4.51. The number of benzene rings is 2. The molecule has 0 saturated heterocycles. The molecule has 0 amide bonds. The van der Waals surface area contributed by atoms with E-state index >= 15 is 0 Å². The van der Waals surface area contributed by atoms with Gasteiger partial charge in [-0.1, -0.05) is 47.1 Å². The third-order valence-electron chi connectivity index (χ3n) is 3.22. The average molecular weight is 248 g/mol. The molecule has 0 saturated carbocycles. The molecular weight excluding hydrogens is 236 g/mol. The van der Waals surface area contributed by atoms with Crippen LogP contribution in [0.2, 0.25) is 0 Å². The Hall–Kier alpha value is -2.58. The molecule has 0 bridgehead atoms. The zero-order valence-electron chi connectivity index (χ0n) is 10.5. The van der Waals surface area contributed by atoms with Crippen molar-refractivity contribution in [1.29, 1.82) is 0 Å². The SMILES string of the molecule is Cc1ccc2c(CN=[N+]=[N-])nc3ccccc3c2c1. The summed E-state index contributed by atoms with van der Waals surface area (Å²) < 4.78 is 0. The first-order valence-electron chi connectivity index (χ1n) is 6.08. The minimum atomic E-state index is 0.279. The van der Waals surface area contributed by atoms with Gasteiger partial charge in [0.15, 0.2) is 0 Å². The molecular formula is C15H12N4. The third kappa shape index (κ3) is 1.98. The highest BCUT2D eigenvalue weighted by atomic mass is 15.1. The number of para-hydroxylation sites is 1. The van der Waals surface area contributed by atoms with E-state index in [1.54, 1.807) is 0 Å². The van der Waals surface area contributed by atoms with Crippen molar-refractivity contribution >= 4 is 21.7 Å². The van der Waals surface area contributed by atoms with Gasteiger partial charge in [-0.15, -0.1) is 0 Å². The minimum absolute atomic E-state index is 0.279. The number of pyridine rings is 1. The Morgan fingerprint density at radius 1 is 1.11 bits per heavy atom. The van der Waals surface area contributed by atoms with Gasteiger partial charge in [-0.25, -0.2) is 0 Å². The fourth-order valence-corrected chi connectivity index (χ4v) is 2.36. The van der Waals surface area contributed by atoms with Crippen molar-refractivity contribution in [2.45, 2.75) is 13.5 Å². The summed E-state index contributed by atoms with van der Waals surface area (Å²) >= 11 is 0. The number of aromatic nitrogens is 1. The van der Waals surface area contributed by atoms with Crippen molar-refractivity contribution in [2.24, 2.45) is 5.11 Å². The molecule has 92 valence electrons. The van der Waals surface area contributed by atoms with Crippen molar-refractivity contribution in [3.8, 4) is 0 Å². The first-order valence-corrected chi connectivity index (χ1v) is 6.08. The van der Waals surface area contributed by atoms with Crippen LogP contribution >= 0.6 is 0 Å². The highest BCUT2D eigenvalue weighted by molar-refractivity contribution is 6.06. The highest BCUT2D eigenvalue weighted by Crippen LogP contribution is 2.27. The molecule has 0 atom stereocenters. The fourth-order valence-electron chi connectivity index (χ4n) is 2.36. The van der Waals surface area contributed by atoms with E-state index in [0.717, 1.165) is 27.4 Å². The lowest BCUT2D eigenvalue weighted by atomic mass is 10.0. The van der Waals surface area contributed by atoms with E-state index < -0.39 is 0 Å². The van der Waals surface area contributed by atoms with Crippen molar-refractivity contribution in [3.05, 3.63) is 64.2 Å². The molecule has 3 rings (SSSR count). The number of aryl methyl sites for hydroxylation is 1. The molecule has 0 radical (unpaired) electrons. The number of rotatable bonds is 2. The van der Waals surface area contributed by atoms with Gasteiger partial charge in [0.05, 0.1) is 17.8 Å². The van der Waals surface area contributed by atoms with Gasteiger partial charge in [0.2, 0.25) is 0 Å². The topological polar surface area (TPSA) is 61.7 Å². The van der Waals surface area contributed by atoms with Gasteiger partial charge < -0.3 is 0 Å². The summed E-state index contributed by atoms with van der Waals surface area (Å²) in [6, 6.07) is 14.3. The van der Waals surface area contributed by atoms with E-state index in [-0.39, 0.29) is 6.54 Å². The molecule has 0 aliphatic heterocycles. The maximum atomic E-state index is 8.49. The summed E-state index contributed by atoms with van der Waals surface area (Å²) in [6.45, 7) is 2.35. The van der Waals surface area contributed by atoms with E-state index in [1.165, 1.54) is 5.56 Å². The molecule has 0 unspecified atom stereocenters. The molecule has 3 aromatic rings. The lowest BCUT2D eigenvalue weighted by molar-refractivity contribution is 1.01. The first-order chi connectivity index (χ1) is 9.29. The van der Waals surface area contributed by atoms with Gasteiger partial charge in [-0.2, -0.15) is 0 Å². The van der Waals surface area contributed by atoms with Gasteiger partial charge in [0, 0.05) is 15.7 Å². The van der Waals surface area contributed by atoms with Crippen LogP contribution in [0.15, 0.2) is 47.6 Å². The zero-order valence-corrected chi connectivity index (χ0v) is 10.5. The summed E-state index contributed by atoms with van der Waals surface area (Å²) in [6.07, 6.45) is 0. The number of hydrogen-bond donors (Lipinski definition) is 0. The number of hydrogen-bond acceptors (Lipinski definition) is 2. The van der Waals surface area contributed by atoms with Crippen LogP contribution in [-0.2, 0) is 6.54 Å². The summed E-state index contributed by atoms with van der Waals surface area (Å²) in [4.78, 5) is 7.43. The lowest BCUT2D eigenvalue weighted by Gasteiger charge is -2.08. The highest BCUT2D eigenvalue weighted by Gasteiger charge is 2.07. The van der Waals surface area contributed by atoms with Gasteiger partial charge in [-0.3, -0.25) is 4.98 Å². The summed E-state index contributed by atoms with van der Waals surface area (Å²) in [5, 5.41) is 6.98. The minimum Gasteiger partial charge on any atom is -0.252 e. The second-order valence-corrected chi connectivity index (χ2v) is 4.51. The Labute approximate surface area is 110 Å². The van der Waals surface area contributed by atoms with Crippen molar-refractivity contribution in [1.82, 2.24) is 4.98 Å². The van der Waals surface area contributed by atoms with Crippen LogP contribution < -0.4 is 0 Å². The van der Waals surface area contributed by atoms with Crippen molar-refractivity contribution in [3.63, 3.8) is 0 Å². The van der Waals surface area contributed by atoms with E-state index in [9.17, 15) is 0 Å². The van der Waals surface area contributed by atoms with Crippen LogP contribution in [0.4, 0.5) is 0 Å². The van der Waals surface area contributed by atoms with E-state index in [1.807, 2.05) is 24.3 Å². The first kappa shape index (κ1) is 11.5. The number of azide groups is 1. The molecule has 0 spiro atoms. The lowest BCUT2D eigenvalue weighted by Crippen LogP contribution is -1.92. The molecule has 1 aromatic heterocycles. The van der Waals surface area contributed by atoms with Gasteiger partial charge in [0.1, 0.15) is 0 Å². The Balaban J connectivity index is 2.43. The Morgan fingerprint density at radius 3 is 2.79 bits per heavy atom. The van der Waals surface area contributed by atoms with Crippen LogP contribution in [0.3, 0.4) is 0 Å². The summed E-state index contributed by atoms with van der Waals surface area (Å²) in [7, 11) is 0. The maximum Gasteiger partial charge on any atom is 0.0711 e. The second-order valence-electron chi connectivity index (χ2n) is 4.51. The molecule has 0 aliphatic rings. The standard InChI is InChI=1S/C15H12N4/c1-10-6-7-12-13(8-10)11-4-2-3-5-14(11)18-15(12)9-17-19-16/h2-8H,9H2,1H3. The van der Waals surface area contributed by atoms with Crippen LogP contribution in [0.25, 0.3) is 32.1 Å². The monoisotopic (exact) mass is 248 g/mol. The quantitative estimate of drug-likeness (QED) is 0.285. The van der Waals surface area contributed by atoms with E-state index in [2.05, 4.69) is 40.1 Å². The van der Waals surface area contributed by atoms with Crippen LogP contribution in [0, 0.1) is 6.92 Å². The normalized spacial score (nSPS) is 10.6. The summed E-state index contributed by atoms with van der Waals surface area (Å²) in [5.41, 5.74) is 11.5. The Morgan fingerprint density at radius 2 is 1.95 bits per heavy atom. The van der Waals surface area contributed by atoms with E-state index in [4.69, 9.17) is 5.53 Å². The van der Waals surface area contributed by atoms with Crippen molar-refractivity contribution < 1.29 is 0 Å². The number of fused-ring (bicyclic) bond motifs is 3. The van der Waals surface area contributed by atoms with Gasteiger partial charge in [0.25, 0.3) is 0 Å². The van der Waals surface area contributed by atoms with Crippen molar-refractivity contribution in [2.75, 3.05) is 0 Å². The van der Waals surface area contributed by atoms with Gasteiger partial charge >= 0.3 is 0 Å². The molecule has 1 heterocycles. The zero-order chi connectivity index (χ0) is 13.2. The van der Waals surface area contributed by atoms with Gasteiger partial charge in [-0.05, 0) is 23.9 Å². The molecule has 2 aromatic carbocycles. The molecule has 4 heteroatoms. The Kier molecular flexibility index (Phi) is 2.78. The molecule has 0 N–H and O–H groups in total. The second kappa shape index (κ2) is 4.59. The average Bonchev–Trinajstić information content (AvgIpc) is 2.44. The number of nitrogens with zero attached hydrogens (tertiary/aromatic N) is 4. The molecule has 4 nitrogen and oxygen atoms in total. The van der Waals surface area contributed by atoms with Crippen LogP contribution in [0.1, 0.15) is 11.3 Å². The fraction of sp³-hybridized carbons (Fsp3) is 0.133.